The maximum Gasteiger partial charge on any atom is 0.270 e. The SMILES string of the molecule is O=c1ccc(-c2ccc(F)cc2)nn1CCNS(=O)(=O)c1cc([N+](=O)[O-])ccc1Cl. The molecular formula is C18H14ClFN4O5S. The summed E-state index contributed by atoms with van der Waals surface area (Å²) in [5.74, 6) is -0.415. The minimum Gasteiger partial charge on any atom is -0.268 e. The first-order valence-corrected chi connectivity index (χ1v) is 10.3. The molecule has 0 aliphatic carbocycles. The van der Waals surface area contributed by atoms with Crippen molar-refractivity contribution in [1.29, 1.82) is 0 Å². The minimum absolute atomic E-state index is 0.111. The van der Waals surface area contributed by atoms with Gasteiger partial charge in [-0.1, -0.05) is 11.6 Å². The molecule has 0 unspecified atom stereocenters. The van der Waals surface area contributed by atoms with E-state index in [0.717, 1.165) is 22.9 Å². The van der Waals surface area contributed by atoms with Crippen molar-refractivity contribution in [3.8, 4) is 11.3 Å². The van der Waals surface area contributed by atoms with Crippen molar-refractivity contribution in [2.45, 2.75) is 11.4 Å². The fourth-order valence-electron chi connectivity index (χ4n) is 2.56. The number of nitro groups is 1. The molecule has 0 saturated heterocycles. The standard InChI is InChI=1S/C18H14ClFN4O5S/c19-15-6-5-14(24(26)27)11-17(15)30(28,29)21-9-10-23-18(25)8-7-16(22-23)12-1-3-13(20)4-2-12/h1-8,11,21H,9-10H2. The highest BCUT2D eigenvalue weighted by atomic mass is 35.5. The molecule has 3 rings (SSSR count). The van der Waals surface area contributed by atoms with Crippen LogP contribution in [-0.4, -0.2) is 29.7 Å². The zero-order valence-corrected chi connectivity index (χ0v) is 16.7. The van der Waals surface area contributed by atoms with Crippen LogP contribution in [0.1, 0.15) is 0 Å². The fraction of sp³-hybridized carbons (Fsp3) is 0.111. The zero-order valence-electron chi connectivity index (χ0n) is 15.2. The summed E-state index contributed by atoms with van der Waals surface area (Å²) in [4.78, 5) is 21.7. The van der Waals surface area contributed by atoms with Crippen LogP contribution in [0.3, 0.4) is 0 Å². The van der Waals surface area contributed by atoms with Gasteiger partial charge in [-0.25, -0.2) is 22.2 Å². The number of aromatic nitrogens is 2. The second-order valence-corrected chi connectivity index (χ2v) is 8.20. The Morgan fingerprint density at radius 2 is 1.83 bits per heavy atom. The second-order valence-electron chi connectivity index (χ2n) is 6.06. The van der Waals surface area contributed by atoms with Crippen LogP contribution in [0.2, 0.25) is 5.02 Å². The molecule has 0 aliphatic rings. The summed E-state index contributed by atoms with van der Waals surface area (Å²) < 4.78 is 41.3. The minimum atomic E-state index is -4.17. The number of hydrogen-bond acceptors (Lipinski definition) is 6. The Hall–Kier alpha value is -3.15. The fourth-order valence-corrected chi connectivity index (χ4v) is 4.10. The molecule has 30 heavy (non-hydrogen) atoms. The van der Waals surface area contributed by atoms with Crippen LogP contribution >= 0.6 is 11.6 Å². The second kappa shape index (κ2) is 8.69. The van der Waals surface area contributed by atoms with E-state index in [1.807, 2.05) is 0 Å². The lowest BCUT2D eigenvalue weighted by atomic mass is 10.1. The molecule has 12 heteroatoms. The van der Waals surface area contributed by atoms with Crippen LogP contribution in [0.25, 0.3) is 11.3 Å². The number of halogens is 2. The number of non-ortho nitro benzene ring substituents is 1. The number of nitro benzene ring substituents is 1. The number of hydrogen-bond donors (Lipinski definition) is 1. The molecule has 0 bridgehead atoms. The summed E-state index contributed by atoms with van der Waals surface area (Å²) >= 11 is 5.87. The van der Waals surface area contributed by atoms with Crippen molar-refractivity contribution in [2.75, 3.05) is 6.54 Å². The van der Waals surface area contributed by atoms with Crippen molar-refractivity contribution in [1.82, 2.24) is 14.5 Å². The smallest absolute Gasteiger partial charge is 0.268 e. The third-order valence-corrected chi connectivity index (χ3v) is 5.98. The van der Waals surface area contributed by atoms with E-state index in [1.54, 1.807) is 0 Å². The lowest BCUT2D eigenvalue weighted by Gasteiger charge is -2.10. The van der Waals surface area contributed by atoms with Crippen LogP contribution in [0.5, 0.6) is 0 Å². The molecule has 156 valence electrons. The number of benzene rings is 2. The van der Waals surface area contributed by atoms with E-state index in [2.05, 4.69) is 9.82 Å². The molecule has 3 aromatic rings. The highest BCUT2D eigenvalue weighted by molar-refractivity contribution is 7.89. The molecule has 1 aromatic heterocycles. The summed E-state index contributed by atoms with van der Waals surface area (Å²) in [7, 11) is -4.17. The predicted molar refractivity (Wildman–Crippen MR) is 107 cm³/mol. The highest BCUT2D eigenvalue weighted by Gasteiger charge is 2.21. The first-order valence-electron chi connectivity index (χ1n) is 8.45. The normalized spacial score (nSPS) is 11.4. The molecule has 0 saturated carbocycles. The third-order valence-electron chi connectivity index (χ3n) is 4.04. The molecule has 1 heterocycles. The monoisotopic (exact) mass is 452 g/mol. The van der Waals surface area contributed by atoms with Gasteiger partial charge in [0, 0.05) is 30.3 Å². The van der Waals surface area contributed by atoms with Crippen molar-refractivity contribution in [3.05, 3.63) is 85.9 Å². The number of nitrogens with zero attached hydrogens (tertiary/aromatic N) is 3. The largest absolute Gasteiger partial charge is 0.270 e. The van der Waals surface area contributed by atoms with Gasteiger partial charge >= 0.3 is 0 Å². The van der Waals surface area contributed by atoms with Crippen LogP contribution in [0, 0.1) is 15.9 Å². The van der Waals surface area contributed by atoms with Crippen molar-refractivity contribution in [2.24, 2.45) is 0 Å². The van der Waals surface area contributed by atoms with E-state index in [0.29, 0.717) is 11.3 Å². The van der Waals surface area contributed by atoms with Gasteiger partial charge in [0.25, 0.3) is 11.2 Å². The number of nitrogens with one attached hydrogen (secondary N) is 1. The summed E-state index contributed by atoms with van der Waals surface area (Å²) in [6.45, 7) is -0.333. The van der Waals surface area contributed by atoms with Crippen molar-refractivity contribution < 1.29 is 17.7 Å². The van der Waals surface area contributed by atoms with E-state index >= 15 is 0 Å². The molecule has 0 spiro atoms. The first kappa shape index (κ1) is 21.6. The molecule has 1 N–H and O–H groups in total. The van der Waals surface area contributed by atoms with E-state index in [9.17, 15) is 27.7 Å². The molecular weight excluding hydrogens is 439 g/mol. The Morgan fingerprint density at radius 3 is 2.50 bits per heavy atom. The van der Waals surface area contributed by atoms with E-state index in [-0.39, 0.29) is 18.1 Å². The van der Waals surface area contributed by atoms with E-state index in [4.69, 9.17) is 11.6 Å². The lowest BCUT2D eigenvalue weighted by molar-refractivity contribution is -0.385. The Bertz CT molecular complexity index is 1260. The van der Waals surface area contributed by atoms with Gasteiger partial charge in [-0.2, -0.15) is 5.10 Å². The molecule has 0 atom stereocenters. The van der Waals surface area contributed by atoms with E-state index < -0.39 is 36.9 Å². The van der Waals surface area contributed by atoms with Gasteiger partial charge in [0.05, 0.1) is 22.2 Å². The third kappa shape index (κ3) is 4.87. The molecule has 0 radical (unpaired) electrons. The van der Waals surface area contributed by atoms with Gasteiger partial charge in [0.1, 0.15) is 10.7 Å². The summed E-state index contributed by atoms with van der Waals surface area (Å²) in [6, 6.07) is 11.3. The first-order chi connectivity index (χ1) is 14.2. The quantitative estimate of drug-likeness (QED) is 0.434. The van der Waals surface area contributed by atoms with Gasteiger partial charge in [0.15, 0.2) is 0 Å². The van der Waals surface area contributed by atoms with Crippen LogP contribution in [0.15, 0.2) is 64.3 Å². The van der Waals surface area contributed by atoms with Gasteiger partial charge in [-0.05, 0) is 36.4 Å². The van der Waals surface area contributed by atoms with Gasteiger partial charge < -0.3 is 0 Å². The Labute approximate surface area is 174 Å². The maximum absolute atomic E-state index is 13.1. The Kier molecular flexibility index (Phi) is 6.25. The predicted octanol–water partition coefficient (Wildman–Crippen LogP) is 2.59. The van der Waals surface area contributed by atoms with Gasteiger partial charge in [-0.15, -0.1) is 0 Å². The molecule has 0 amide bonds. The average molecular weight is 453 g/mol. The van der Waals surface area contributed by atoms with Crippen molar-refractivity contribution >= 4 is 27.3 Å². The van der Waals surface area contributed by atoms with Crippen LogP contribution in [0.4, 0.5) is 10.1 Å². The summed E-state index contributed by atoms with van der Waals surface area (Å²) in [5, 5.41) is 14.8. The maximum atomic E-state index is 13.1. The number of sulfonamides is 1. The molecule has 9 nitrogen and oxygen atoms in total. The summed E-state index contributed by atoms with van der Waals surface area (Å²) in [6.07, 6.45) is 0. The van der Waals surface area contributed by atoms with Crippen LogP contribution in [-0.2, 0) is 16.6 Å². The molecule has 2 aromatic carbocycles. The van der Waals surface area contributed by atoms with Crippen molar-refractivity contribution in [3.63, 3.8) is 0 Å². The summed E-state index contributed by atoms with van der Waals surface area (Å²) in [5.41, 5.74) is 0.0893. The molecule has 0 fully saturated rings. The zero-order chi connectivity index (χ0) is 21.9. The highest BCUT2D eigenvalue weighted by Crippen LogP contribution is 2.25. The van der Waals surface area contributed by atoms with Gasteiger partial charge in [-0.3, -0.25) is 14.9 Å². The van der Waals surface area contributed by atoms with E-state index in [1.165, 1.54) is 36.4 Å². The Morgan fingerprint density at radius 1 is 1.13 bits per heavy atom. The number of rotatable bonds is 7. The van der Waals surface area contributed by atoms with Crippen LogP contribution < -0.4 is 10.3 Å². The Balaban J connectivity index is 1.77. The molecule has 0 aliphatic heterocycles. The average Bonchev–Trinajstić information content (AvgIpc) is 2.70. The topological polar surface area (TPSA) is 124 Å². The van der Waals surface area contributed by atoms with Gasteiger partial charge in [0.2, 0.25) is 10.0 Å². The lowest BCUT2D eigenvalue weighted by Crippen LogP contribution is -2.32.